The minimum atomic E-state index is -0.0568. The quantitative estimate of drug-likeness (QED) is 0.362. The second kappa shape index (κ2) is 10.3. The Balaban J connectivity index is 1.15. The van der Waals surface area contributed by atoms with Crippen LogP contribution in [0.1, 0.15) is 42.4 Å². The van der Waals surface area contributed by atoms with Crippen molar-refractivity contribution in [3.8, 4) is 11.5 Å². The van der Waals surface area contributed by atoms with Crippen LogP contribution in [0.5, 0.6) is 11.5 Å². The van der Waals surface area contributed by atoms with Crippen LogP contribution in [0, 0.1) is 0 Å². The van der Waals surface area contributed by atoms with E-state index in [0.717, 1.165) is 31.6 Å². The summed E-state index contributed by atoms with van der Waals surface area (Å²) in [5, 5.41) is 26.0. The highest BCUT2D eigenvalue weighted by Crippen LogP contribution is 2.25. The predicted octanol–water partition coefficient (Wildman–Crippen LogP) is 3.55. The van der Waals surface area contributed by atoms with Gasteiger partial charge in [-0.15, -0.1) is 0 Å². The first-order chi connectivity index (χ1) is 13.2. The van der Waals surface area contributed by atoms with Crippen LogP contribution in [0.25, 0.3) is 0 Å². The highest BCUT2D eigenvalue weighted by molar-refractivity contribution is 5.40. The third-order valence-electron chi connectivity index (χ3n) is 5.39. The van der Waals surface area contributed by atoms with Gasteiger partial charge in [0.25, 0.3) is 0 Å². The van der Waals surface area contributed by atoms with Gasteiger partial charge in [-0.1, -0.05) is 43.2 Å². The number of rotatable bonds is 11. The highest BCUT2D eigenvalue weighted by atomic mass is 16.3. The molecular formula is C23H32N2O2. The van der Waals surface area contributed by atoms with E-state index in [1.807, 2.05) is 6.07 Å². The summed E-state index contributed by atoms with van der Waals surface area (Å²) in [5.74, 6) is -0.0961. The molecule has 0 saturated carbocycles. The summed E-state index contributed by atoms with van der Waals surface area (Å²) in [7, 11) is 0. The molecule has 0 fully saturated rings. The summed E-state index contributed by atoms with van der Waals surface area (Å²) in [6.45, 7) is 3.06. The number of aromatic hydroxyl groups is 2. The third-order valence-corrected chi connectivity index (χ3v) is 5.39. The molecule has 3 rings (SSSR count). The molecule has 2 aromatic rings. The third kappa shape index (κ3) is 6.26. The summed E-state index contributed by atoms with van der Waals surface area (Å²) < 4.78 is 0. The van der Waals surface area contributed by atoms with E-state index in [4.69, 9.17) is 0 Å². The molecule has 0 atom stereocenters. The second-order valence-corrected chi connectivity index (χ2v) is 7.57. The van der Waals surface area contributed by atoms with Crippen LogP contribution in [0.15, 0.2) is 42.5 Å². The maximum absolute atomic E-state index is 9.48. The monoisotopic (exact) mass is 368 g/mol. The predicted molar refractivity (Wildman–Crippen MR) is 110 cm³/mol. The van der Waals surface area contributed by atoms with E-state index in [0.29, 0.717) is 6.04 Å². The van der Waals surface area contributed by atoms with Crippen LogP contribution in [0.2, 0.25) is 0 Å². The number of phenolic OH excluding ortho intramolecular Hbond substituents is 2. The fourth-order valence-electron chi connectivity index (χ4n) is 3.82. The lowest BCUT2D eigenvalue weighted by Crippen LogP contribution is -2.30. The van der Waals surface area contributed by atoms with E-state index in [1.54, 1.807) is 12.1 Å². The molecule has 0 unspecified atom stereocenters. The number of nitrogens with one attached hydrogen (secondary N) is 2. The van der Waals surface area contributed by atoms with Crippen molar-refractivity contribution in [2.24, 2.45) is 0 Å². The normalized spacial score (nSPS) is 13.8. The van der Waals surface area contributed by atoms with E-state index >= 15 is 0 Å². The number of hydrogen-bond donors (Lipinski definition) is 4. The van der Waals surface area contributed by atoms with Crippen LogP contribution >= 0.6 is 0 Å². The van der Waals surface area contributed by atoms with Crippen molar-refractivity contribution in [3.63, 3.8) is 0 Å². The molecule has 4 heteroatoms. The SMILES string of the molecule is Oc1ccc(CCNCCCCCCNC2Cc3ccccc3C2)cc1O. The van der Waals surface area contributed by atoms with Gasteiger partial charge in [-0.05, 0) is 80.6 Å². The molecule has 146 valence electrons. The van der Waals surface area contributed by atoms with Gasteiger partial charge in [0.05, 0.1) is 0 Å². The molecule has 27 heavy (non-hydrogen) atoms. The van der Waals surface area contributed by atoms with Gasteiger partial charge in [-0.25, -0.2) is 0 Å². The Morgan fingerprint density at radius 3 is 2.19 bits per heavy atom. The van der Waals surface area contributed by atoms with Crippen LogP contribution in [0.4, 0.5) is 0 Å². The maximum Gasteiger partial charge on any atom is 0.157 e. The van der Waals surface area contributed by atoms with E-state index in [9.17, 15) is 10.2 Å². The molecule has 0 aromatic heterocycles. The Morgan fingerprint density at radius 1 is 0.778 bits per heavy atom. The van der Waals surface area contributed by atoms with Crippen molar-refractivity contribution >= 4 is 0 Å². The molecule has 1 aliphatic carbocycles. The lowest BCUT2D eigenvalue weighted by molar-refractivity contribution is 0.403. The number of phenols is 2. The molecular weight excluding hydrogens is 336 g/mol. The fraction of sp³-hybridized carbons (Fsp3) is 0.478. The average molecular weight is 369 g/mol. The van der Waals surface area contributed by atoms with Crippen molar-refractivity contribution < 1.29 is 10.2 Å². The van der Waals surface area contributed by atoms with Gasteiger partial charge in [0.15, 0.2) is 11.5 Å². The molecule has 0 bridgehead atoms. The van der Waals surface area contributed by atoms with Crippen LogP contribution < -0.4 is 10.6 Å². The van der Waals surface area contributed by atoms with Gasteiger partial charge in [-0.2, -0.15) is 0 Å². The van der Waals surface area contributed by atoms with Crippen molar-refractivity contribution in [2.45, 2.75) is 51.0 Å². The van der Waals surface area contributed by atoms with Crippen LogP contribution in [-0.4, -0.2) is 35.9 Å². The highest BCUT2D eigenvalue weighted by Gasteiger charge is 2.19. The molecule has 4 N–H and O–H groups in total. The van der Waals surface area contributed by atoms with Crippen LogP contribution in [0.3, 0.4) is 0 Å². The van der Waals surface area contributed by atoms with Crippen molar-refractivity contribution in [1.29, 1.82) is 0 Å². The minimum Gasteiger partial charge on any atom is -0.504 e. The Labute approximate surface area is 162 Å². The first kappa shape index (κ1) is 19.7. The minimum absolute atomic E-state index is 0.0393. The molecule has 1 aliphatic rings. The molecule has 0 heterocycles. The van der Waals surface area contributed by atoms with E-state index in [-0.39, 0.29) is 11.5 Å². The van der Waals surface area contributed by atoms with Gasteiger partial charge >= 0.3 is 0 Å². The largest absolute Gasteiger partial charge is 0.504 e. The van der Waals surface area contributed by atoms with Crippen molar-refractivity contribution in [3.05, 3.63) is 59.2 Å². The molecule has 0 aliphatic heterocycles. The molecule has 0 spiro atoms. The van der Waals surface area contributed by atoms with E-state index < -0.39 is 0 Å². The zero-order chi connectivity index (χ0) is 18.9. The molecule has 0 saturated heterocycles. The fourth-order valence-corrected chi connectivity index (χ4v) is 3.82. The lowest BCUT2D eigenvalue weighted by atomic mass is 10.1. The first-order valence-corrected chi connectivity index (χ1v) is 10.2. The van der Waals surface area contributed by atoms with Gasteiger partial charge in [-0.3, -0.25) is 0 Å². The number of hydrogen-bond acceptors (Lipinski definition) is 4. The standard InChI is InChI=1S/C23H32N2O2/c26-22-10-9-18(15-23(22)27)11-14-24-12-5-1-2-6-13-25-21-16-19-7-3-4-8-20(19)17-21/h3-4,7-10,15,21,24-27H,1-2,5-6,11-14,16-17H2. The van der Waals surface area contributed by atoms with Crippen LogP contribution in [-0.2, 0) is 19.3 Å². The summed E-state index contributed by atoms with van der Waals surface area (Å²) in [4.78, 5) is 0. The topological polar surface area (TPSA) is 64.5 Å². The molecule has 4 nitrogen and oxygen atoms in total. The van der Waals surface area contributed by atoms with Crippen molar-refractivity contribution in [1.82, 2.24) is 10.6 Å². The molecule has 2 aromatic carbocycles. The smallest absolute Gasteiger partial charge is 0.157 e. The van der Waals surface area contributed by atoms with Gasteiger partial charge < -0.3 is 20.8 Å². The molecule has 0 radical (unpaired) electrons. The van der Waals surface area contributed by atoms with Gasteiger partial charge in [0, 0.05) is 6.04 Å². The van der Waals surface area contributed by atoms with Crippen molar-refractivity contribution in [2.75, 3.05) is 19.6 Å². The second-order valence-electron chi connectivity index (χ2n) is 7.57. The van der Waals surface area contributed by atoms with E-state index in [2.05, 4.69) is 34.9 Å². The zero-order valence-corrected chi connectivity index (χ0v) is 16.1. The Bertz CT molecular complexity index is 692. The summed E-state index contributed by atoms with van der Waals surface area (Å²) in [6, 6.07) is 14.5. The van der Waals surface area contributed by atoms with Gasteiger partial charge in [0.2, 0.25) is 0 Å². The lowest BCUT2D eigenvalue weighted by Gasteiger charge is -2.11. The van der Waals surface area contributed by atoms with E-state index in [1.165, 1.54) is 49.7 Å². The Hall–Kier alpha value is -2.04. The summed E-state index contributed by atoms with van der Waals surface area (Å²) >= 11 is 0. The Morgan fingerprint density at radius 2 is 1.48 bits per heavy atom. The molecule has 0 amide bonds. The average Bonchev–Trinajstić information content (AvgIpc) is 3.09. The summed E-state index contributed by atoms with van der Waals surface area (Å²) in [6.07, 6.45) is 8.22. The number of fused-ring (bicyclic) bond motifs is 1. The van der Waals surface area contributed by atoms with Gasteiger partial charge in [0.1, 0.15) is 0 Å². The number of benzene rings is 2. The zero-order valence-electron chi connectivity index (χ0n) is 16.1. The first-order valence-electron chi connectivity index (χ1n) is 10.2. The number of unbranched alkanes of at least 4 members (excludes halogenated alkanes) is 3. The summed E-state index contributed by atoms with van der Waals surface area (Å²) in [5.41, 5.74) is 4.07. The Kier molecular flexibility index (Phi) is 7.55. The maximum atomic E-state index is 9.48.